The van der Waals surface area contributed by atoms with E-state index in [9.17, 15) is 0 Å². The van der Waals surface area contributed by atoms with E-state index in [-0.39, 0.29) is 0 Å². The lowest BCUT2D eigenvalue weighted by molar-refractivity contribution is 0.532. The van der Waals surface area contributed by atoms with Crippen molar-refractivity contribution in [1.29, 1.82) is 0 Å². The van der Waals surface area contributed by atoms with Crippen LogP contribution in [0.25, 0.3) is 72.0 Å². The minimum Gasteiger partial charge on any atom is -0.135 e. The summed E-state index contributed by atoms with van der Waals surface area (Å²) in [7, 11) is 0. The first-order chi connectivity index (χ1) is 37.5. The summed E-state index contributed by atoms with van der Waals surface area (Å²) in [5.41, 5.74) is 8.41. The molecule has 408 valence electrons. The van der Waals surface area contributed by atoms with E-state index in [1.54, 1.807) is 39.3 Å². The molecule has 0 N–H and O–H groups in total. The van der Waals surface area contributed by atoms with E-state index in [4.69, 9.17) is 0 Å². The van der Waals surface area contributed by atoms with E-state index in [0.29, 0.717) is 0 Å². The van der Waals surface area contributed by atoms with Gasteiger partial charge in [0, 0.05) is 29.3 Å². The van der Waals surface area contributed by atoms with Crippen molar-refractivity contribution in [2.45, 2.75) is 233 Å². The molecule has 0 saturated carbocycles. The van der Waals surface area contributed by atoms with E-state index in [2.05, 4.69) is 170 Å². The molecule has 0 aliphatic carbocycles. The highest BCUT2D eigenvalue weighted by Crippen LogP contribution is 2.56. The van der Waals surface area contributed by atoms with Gasteiger partial charge in [0.2, 0.25) is 0 Å². The summed E-state index contributed by atoms with van der Waals surface area (Å²) in [6.45, 7) is 8.97. The molecule has 8 rings (SSSR count). The Morgan fingerprint density at radius 2 is 0.566 bits per heavy atom. The van der Waals surface area contributed by atoms with E-state index in [1.165, 1.54) is 257 Å². The van der Waals surface area contributed by atoms with Crippen LogP contribution in [-0.4, -0.2) is 0 Å². The Morgan fingerprint density at radius 1 is 0.276 bits per heavy atom. The van der Waals surface area contributed by atoms with Crippen LogP contribution in [0.15, 0.2) is 72.8 Å². The number of hydrogen-bond donors (Lipinski definition) is 0. The molecule has 0 bridgehead atoms. The van der Waals surface area contributed by atoms with Gasteiger partial charge in [0.25, 0.3) is 0 Å². The molecule has 6 aromatic heterocycles. The van der Waals surface area contributed by atoms with Crippen molar-refractivity contribution in [3.05, 3.63) is 116 Å². The number of unbranched alkanes of at least 4 members (excludes halogenated alkanes) is 28. The van der Waals surface area contributed by atoms with Gasteiger partial charge in [0.1, 0.15) is 0 Å². The van der Waals surface area contributed by atoms with Crippen molar-refractivity contribution >= 4 is 121 Å². The molecule has 6 heteroatoms. The Kier molecular flexibility index (Phi) is 25.5. The molecule has 0 aliphatic rings. The Labute approximate surface area is 485 Å². The number of thiophene rings is 6. The van der Waals surface area contributed by atoms with E-state index < -0.39 is 0 Å². The van der Waals surface area contributed by atoms with E-state index in [0.717, 1.165) is 0 Å². The molecule has 0 saturated heterocycles. The molecular weight excluding hydrogens is 1030 g/mol. The summed E-state index contributed by atoms with van der Waals surface area (Å²) in [6, 6.07) is 27.3. The maximum absolute atomic E-state index is 2.42. The van der Waals surface area contributed by atoms with Gasteiger partial charge < -0.3 is 0 Å². The lowest BCUT2D eigenvalue weighted by Gasteiger charge is -2.05. The fraction of sp³-hybridized carbons (Fsp3) is 0.514. The van der Waals surface area contributed by atoms with Crippen LogP contribution in [0.1, 0.15) is 250 Å². The zero-order valence-corrected chi connectivity index (χ0v) is 52.2. The van der Waals surface area contributed by atoms with Gasteiger partial charge in [-0.2, -0.15) is 0 Å². The van der Waals surface area contributed by atoms with Crippen molar-refractivity contribution in [2.75, 3.05) is 0 Å². The third kappa shape index (κ3) is 18.0. The largest absolute Gasteiger partial charge is 0.135 e. The van der Waals surface area contributed by atoms with Crippen LogP contribution in [0.5, 0.6) is 0 Å². The number of benzene rings is 2. The van der Waals surface area contributed by atoms with Gasteiger partial charge >= 0.3 is 0 Å². The third-order valence-electron chi connectivity index (χ3n) is 15.7. The van der Waals surface area contributed by atoms with Crippen LogP contribution < -0.4 is 0 Å². The van der Waals surface area contributed by atoms with Gasteiger partial charge in [-0.15, -0.1) is 68.0 Å². The summed E-state index contributed by atoms with van der Waals surface area (Å²) < 4.78 is 9.40. The fourth-order valence-corrected chi connectivity index (χ4v) is 19.4. The van der Waals surface area contributed by atoms with Gasteiger partial charge in [0.05, 0.1) is 28.2 Å². The van der Waals surface area contributed by atoms with Crippen LogP contribution in [-0.2, 0) is 12.8 Å². The summed E-state index contributed by atoms with van der Waals surface area (Å²) in [4.78, 5) is 8.64. The normalized spacial score (nSPS) is 12.2. The molecule has 0 spiro atoms. The molecule has 0 radical (unpaired) electrons. The zero-order valence-electron chi connectivity index (χ0n) is 47.3. The van der Waals surface area contributed by atoms with Crippen LogP contribution in [0.2, 0.25) is 0 Å². The van der Waals surface area contributed by atoms with Gasteiger partial charge in [-0.05, 0) is 98.2 Å². The molecule has 0 nitrogen and oxygen atoms in total. The monoisotopic (exact) mass is 1120 g/mol. The van der Waals surface area contributed by atoms with Gasteiger partial charge in [-0.3, -0.25) is 0 Å². The fourth-order valence-electron chi connectivity index (χ4n) is 11.0. The smallest absolute Gasteiger partial charge is 0.0651 e. The average molecular weight is 1130 g/mol. The van der Waals surface area contributed by atoms with Crippen LogP contribution in [0, 0.1) is 13.8 Å². The van der Waals surface area contributed by atoms with Crippen molar-refractivity contribution in [3.8, 4) is 19.5 Å². The second-order valence-corrected chi connectivity index (χ2v) is 28.6. The Bertz CT molecular complexity index is 2730. The summed E-state index contributed by atoms with van der Waals surface area (Å²) in [5, 5.41) is 0. The standard InChI is InChI=1S/C70H92S6/c1-5-7-9-11-13-15-17-19-21-23-25-27-29-31-33-35-59-63(61-51-49-57(71-61)47-45-55-41-37-53(3)38-42-55)73-67-65(59)75-70-68-66(76-69(67)70)60(36-34-32-30-28-26-24-22-20-18-16-14-12-10-8-6-2)64(74-68)62-52-50-58(72-62)48-46-56-43-39-54(4)40-44-56/h37-52H,5-36H2,1-4H3/b47-45+,48-46+. The maximum Gasteiger partial charge on any atom is 0.0651 e. The summed E-state index contributed by atoms with van der Waals surface area (Å²) in [6.07, 6.45) is 53.8. The highest BCUT2D eigenvalue weighted by Gasteiger charge is 2.26. The van der Waals surface area contributed by atoms with E-state index in [1.807, 2.05) is 22.7 Å². The molecule has 0 aliphatic heterocycles. The molecule has 0 fully saturated rings. The Balaban J connectivity index is 0.966. The third-order valence-corrected chi connectivity index (χ3v) is 23.9. The SMILES string of the molecule is CCCCCCCCCCCCCCCCCc1c(-c2ccc(/C=C/c3ccc(C)cc3)s2)sc2c1sc1c3sc(-c4ccc(/C=C/c5ccc(C)cc5)s4)c(CCCCCCCCCCCCCCCCC)c3sc21. The van der Waals surface area contributed by atoms with Crippen LogP contribution >= 0.6 is 68.0 Å². The first-order valence-corrected chi connectivity index (χ1v) is 35.5. The molecule has 2 aromatic carbocycles. The second kappa shape index (κ2) is 32.8. The van der Waals surface area contributed by atoms with Crippen LogP contribution in [0.4, 0.5) is 0 Å². The van der Waals surface area contributed by atoms with Crippen molar-refractivity contribution in [3.63, 3.8) is 0 Å². The average Bonchev–Trinajstić information content (AvgIpc) is 4.36. The second-order valence-electron chi connectivity index (χ2n) is 22.3. The minimum absolute atomic E-state index is 1.19. The first kappa shape index (κ1) is 59.0. The maximum atomic E-state index is 2.42. The lowest BCUT2D eigenvalue weighted by Crippen LogP contribution is -1.87. The topological polar surface area (TPSA) is 0 Å². The van der Waals surface area contributed by atoms with E-state index >= 15 is 0 Å². The first-order valence-electron chi connectivity index (χ1n) is 30.6. The van der Waals surface area contributed by atoms with Crippen molar-refractivity contribution in [2.24, 2.45) is 0 Å². The quantitative estimate of drug-likeness (QED) is 0.0338. The number of aryl methyl sites for hydroxylation is 4. The lowest BCUT2D eigenvalue weighted by atomic mass is 10.0. The summed E-state index contributed by atoms with van der Waals surface area (Å²) >= 11 is 12.4. The minimum atomic E-state index is 1.19. The van der Waals surface area contributed by atoms with Gasteiger partial charge in [-0.25, -0.2) is 0 Å². The number of fused-ring (bicyclic) bond motifs is 5. The predicted molar refractivity (Wildman–Crippen MR) is 355 cm³/mol. The van der Waals surface area contributed by atoms with Gasteiger partial charge in [0.15, 0.2) is 0 Å². The molecule has 0 unspecified atom stereocenters. The van der Waals surface area contributed by atoms with Crippen LogP contribution in [0.3, 0.4) is 0 Å². The molecule has 0 atom stereocenters. The van der Waals surface area contributed by atoms with Gasteiger partial charge in [-0.1, -0.05) is 265 Å². The number of hydrogen-bond acceptors (Lipinski definition) is 6. The summed E-state index contributed by atoms with van der Waals surface area (Å²) in [5.74, 6) is 0. The molecule has 8 aromatic rings. The molecule has 0 amide bonds. The number of rotatable bonds is 38. The highest BCUT2D eigenvalue weighted by molar-refractivity contribution is 7.46. The zero-order chi connectivity index (χ0) is 52.6. The Morgan fingerprint density at radius 3 is 0.882 bits per heavy atom. The molecule has 6 heterocycles. The predicted octanol–water partition coefficient (Wildman–Crippen LogP) is 26.6. The van der Waals surface area contributed by atoms with Crippen molar-refractivity contribution < 1.29 is 0 Å². The van der Waals surface area contributed by atoms with Crippen molar-refractivity contribution in [1.82, 2.24) is 0 Å². The molecule has 76 heavy (non-hydrogen) atoms. The molecular formula is C70H92S6. The highest BCUT2D eigenvalue weighted by atomic mass is 32.1. The Hall–Kier alpha value is -3.10.